The van der Waals surface area contributed by atoms with Crippen LogP contribution in [0.25, 0.3) is 0 Å². The summed E-state index contributed by atoms with van der Waals surface area (Å²) in [4.78, 5) is 8.58. The van der Waals surface area contributed by atoms with Gasteiger partial charge in [0, 0.05) is 18.5 Å². The third kappa shape index (κ3) is 4.73. The second kappa shape index (κ2) is 6.46. The Morgan fingerprint density at radius 1 is 1.29 bits per heavy atom. The zero-order chi connectivity index (χ0) is 15.5. The number of anilines is 2. The van der Waals surface area contributed by atoms with Gasteiger partial charge in [-0.25, -0.2) is 9.97 Å². The minimum Gasteiger partial charge on any atom is -0.382 e. The van der Waals surface area contributed by atoms with Gasteiger partial charge >= 0.3 is 6.18 Å². The molecule has 0 aliphatic heterocycles. The van der Waals surface area contributed by atoms with Crippen LogP contribution in [0.4, 0.5) is 24.8 Å². The van der Waals surface area contributed by atoms with Crippen LogP contribution in [0.1, 0.15) is 37.9 Å². The zero-order valence-corrected chi connectivity index (χ0v) is 11.7. The molecule has 0 bridgehead atoms. The average Bonchev–Trinajstić information content (AvgIpc) is 3.25. The second-order valence-corrected chi connectivity index (χ2v) is 5.14. The first-order valence-electron chi connectivity index (χ1n) is 7.01. The molecule has 8 heteroatoms. The van der Waals surface area contributed by atoms with E-state index in [1.807, 2.05) is 6.92 Å². The number of aliphatic hydroxyl groups is 1. The fourth-order valence-electron chi connectivity index (χ4n) is 1.74. The normalized spacial score (nSPS) is 16.6. The van der Waals surface area contributed by atoms with E-state index in [0.29, 0.717) is 23.4 Å². The first-order chi connectivity index (χ1) is 9.90. The molecule has 1 aliphatic carbocycles. The second-order valence-electron chi connectivity index (χ2n) is 5.14. The lowest BCUT2D eigenvalue weighted by Crippen LogP contribution is -2.35. The standard InChI is InChI=1S/C13H19F3N4O/c1-2-5-17-10-6-11(18-7-9(21)13(14,15)16)20-12(19-10)8-3-4-8/h6,8-9,21H,2-5,7H2,1H3,(H2,17,18,19,20). The van der Waals surface area contributed by atoms with Crippen molar-refractivity contribution < 1.29 is 18.3 Å². The highest BCUT2D eigenvalue weighted by molar-refractivity contribution is 5.48. The van der Waals surface area contributed by atoms with Gasteiger partial charge in [0.2, 0.25) is 0 Å². The summed E-state index contributed by atoms with van der Waals surface area (Å²) >= 11 is 0. The van der Waals surface area contributed by atoms with Crippen molar-refractivity contribution in [2.75, 3.05) is 23.7 Å². The molecule has 1 heterocycles. The summed E-state index contributed by atoms with van der Waals surface area (Å²) in [6.45, 7) is 2.11. The van der Waals surface area contributed by atoms with Crippen LogP contribution in [0.2, 0.25) is 0 Å². The lowest BCUT2D eigenvalue weighted by molar-refractivity contribution is -0.198. The minimum atomic E-state index is -4.64. The van der Waals surface area contributed by atoms with Crippen LogP contribution in [0, 0.1) is 0 Å². The molecule has 1 unspecified atom stereocenters. The predicted octanol–water partition coefficient (Wildman–Crippen LogP) is 2.51. The van der Waals surface area contributed by atoms with Crippen molar-refractivity contribution in [1.29, 1.82) is 0 Å². The van der Waals surface area contributed by atoms with Gasteiger partial charge in [-0.3, -0.25) is 0 Å². The largest absolute Gasteiger partial charge is 0.416 e. The maximum atomic E-state index is 12.3. The Kier molecular flexibility index (Phi) is 4.87. The van der Waals surface area contributed by atoms with Gasteiger partial charge in [0.05, 0.1) is 6.54 Å². The van der Waals surface area contributed by atoms with E-state index in [4.69, 9.17) is 5.11 Å². The van der Waals surface area contributed by atoms with Crippen molar-refractivity contribution in [1.82, 2.24) is 9.97 Å². The van der Waals surface area contributed by atoms with E-state index >= 15 is 0 Å². The topological polar surface area (TPSA) is 70.1 Å². The van der Waals surface area contributed by atoms with E-state index in [-0.39, 0.29) is 0 Å². The minimum absolute atomic E-state index is 0.293. The van der Waals surface area contributed by atoms with Gasteiger partial charge in [-0.15, -0.1) is 0 Å². The Labute approximate surface area is 121 Å². The summed E-state index contributed by atoms with van der Waals surface area (Å²) in [5.74, 6) is 1.83. The van der Waals surface area contributed by atoms with E-state index in [0.717, 1.165) is 25.8 Å². The number of hydrogen-bond acceptors (Lipinski definition) is 5. The van der Waals surface area contributed by atoms with Gasteiger partial charge in [0.15, 0.2) is 6.10 Å². The van der Waals surface area contributed by atoms with Crippen LogP contribution in [-0.2, 0) is 0 Å². The molecule has 0 aromatic carbocycles. The van der Waals surface area contributed by atoms with Crippen molar-refractivity contribution >= 4 is 11.6 Å². The van der Waals surface area contributed by atoms with Crippen LogP contribution >= 0.6 is 0 Å². The number of hydrogen-bond donors (Lipinski definition) is 3. The van der Waals surface area contributed by atoms with Gasteiger partial charge in [-0.05, 0) is 19.3 Å². The smallest absolute Gasteiger partial charge is 0.382 e. The molecule has 21 heavy (non-hydrogen) atoms. The summed E-state index contributed by atoms with van der Waals surface area (Å²) in [6, 6.07) is 1.56. The summed E-state index contributed by atoms with van der Waals surface area (Å²) in [6.07, 6.45) is -4.13. The van der Waals surface area contributed by atoms with Crippen molar-refractivity contribution in [3.63, 3.8) is 0 Å². The number of aliphatic hydroxyl groups excluding tert-OH is 1. The first-order valence-corrected chi connectivity index (χ1v) is 7.01. The quantitative estimate of drug-likeness (QED) is 0.722. The van der Waals surface area contributed by atoms with Crippen molar-refractivity contribution in [3.05, 3.63) is 11.9 Å². The van der Waals surface area contributed by atoms with E-state index in [9.17, 15) is 13.2 Å². The number of rotatable bonds is 7. The van der Waals surface area contributed by atoms with Gasteiger partial charge < -0.3 is 15.7 Å². The van der Waals surface area contributed by atoms with Crippen molar-refractivity contribution in [2.45, 2.75) is 44.4 Å². The maximum absolute atomic E-state index is 12.3. The third-order valence-electron chi connectivity index (χ3n) is 3.10. The van der Waals surface area contributed by atoms with Gasteiger partial charge in [0.1, 0.15) is 17.5 Å². The number of aromatic nitrogens is 2. The molecule has 3 N–H and O–H groups in total. The third-order valence-corrected chi connectivity index (χ3v) is 3.10. The molecule has 1 atom stereocenters. The van der Waals surface area contributed by atoms with E-state index in [2.05, 4.69) is 20.6 Å². The molecule has 0 spiro atoms. The summed E-state index contributed by atoms with van der Waals surface area (Å²) in [7, 11) is 0. The molecule has 0 saturated heterocycles. The molecule has 1 aromatic rings. The van der Waals surface area contributed by atoms with Crippen LogP contribution in [0.15, 0.2) is 6.07 Å². The SMILES string of the molecule is CCCNc1cc(NCC(O)C(F)(F)F)nc(C2CC2)n1. The monoisotopic (exact) mass is 304 g/mol. The van der Waals surface area contributed by atoms with Crippen molar-refractivity contribution in [3.8, 4) is 0 Å². The Morgan fingerprint density at radius 2 is 1.90 bits per heavy atom. The van der Waals surface area contributed by atoms with E-state index in [1.165, 1.54) is 0 Å². The summed E-state index contributed by atoms with van der Waals surface area (Å²) < 4.78 is 36.8. The highest BCUT2D eigenvalue weighted by Gasteiger charge is 2.38. The van der Waals surface area contributed by atoms with Crippen LogP contribution < -0.4 is 10.6 Å². The molecule has 0 radical (unpaired) electrons. The molecular formula is C13H19F3N4O. The summed E-state index contributed by atoms with van der Waals surface area (Å²) in [5, 5.41) is 14.6. The van der Waals surface area contributed by atoms with Crippen LogP contribution in [-0.4, -0.2) is 40.4 Å². The Bertz CT molecular complexity index is 477. The van der Waals surface area contributed by atoms with Gasteiger partial charge in [-0.1, -0.05) is 6.92 Å². The molecule has 2 rings (SSSR count). The average molecular weight is 304 g/mol. The molecule has 1 fully saturated rings. The Hall–Kier alpha value is -1.57. The van der Waals surface area contributed by atoms with E-state index < -0.39 is 18.8 Å². The first kappa shape index (κ1) is 15.8. The maximum Gasteiger partial charge on any atom is 0.416 e. The molecule has 1 aromatic heterocycles. The number of alkyl halides is 3. The molecule has 5 nitrogen and oxygen atoms in total. The fourth-order valence-corrected chi connectivity index (χ4v) is 1.74. The lowest BCUT2D eigenvalue weighted by atomic mass is 10.3. The van der Waals surface area contributed by atoms with Crippen LogP contribution in [0.3, 0.4) is 0 Å². The van der Waals surface area contributed by atoms with Gasteiger partial charge in [0.25, 0.3) is 0 Å². The van der Waals surface area contributed by atoms with Crippen LogP contribution in [0.5, 0.6) is 0 Å². The van der Waals surface area contributed by atoms with Gasteiger partial charge in [-0.2, -0.15) is 13.2 Å². The Morgan fingerprint density at radius 3 is 2.43 bits per heavy atom. The lowest BCUT2D eigenvalue weighted by Gasteiger charge is -2.16. The number of halogens is 3. The summed E-state index contributed by atoms with van der Waals surface area (Å²) in [5.41, 5.74) is 0. The molecule has 1 aliphatic rings. The fraction of sp³-hybridized carbons (Fsp3) is 0.692. The molecule has 118 valence electrons. The van der Waals surface area contributed by atoms with Crippen molar-refractivity contribution in [2.24, 2.45) is 0 Å². The molecule has 1 saturated carbocycles. The Balaban J connectivity index is 2.05. The zero-order valence-electron chi connectivity index (χ0n) is 11.7. The molecule has 0 amide bonds. The molecular weight excluding hydrogens is 285 g/mol. The predicted molar refractivity (Wildman–Crippen MR) is 73.3 cm³/mol. The number of nitrogens with one attached hydrogen (secondary N) is 2. The van der Waals surface area contributed by atoms with E-state index in [1.54, 1.807) is 6.07 Å². The highest BCUT2D eigenvalue weighted by Crippen LogP contribution is 2.38. The number of nitrogens with zero attached hydrogens (tertiary/aromatic N) is 2. The highest BCUT2D eigenvalue weighted by atomic mass is 19.4.